The van der Waals surface area contributed by atoms with E-state index in [1.54, 1.807) is 0 Å². The molecule has 2 aromatic heterocycles. The number of rotatable bonds is 3. The van der Waals surface area contributed by atoms with E-state index in [-0.39, 0.29) is 22.9 Å². The molecule has 12 heteroatoms. The summed E-state index contributed by atoms with van der Waals surface area (Å²) >= 11 is 0. The Labute approximate surface area is 140 Å². The summed E-state index contributed by atoms with van der Waals surface area (Å²) in [6.07, 6.45) is -5.23. The maximum absolute atomic E-state index is 12.4. The number of carbonyl (C=O) groups excluding carboxylic acids is 1. The number of hydrogen-bond donors (Lipinski definition) is 5. The molecule has 12 nitrogen and oxygen atoms in total. The molecule has 0 aromatic carbocycles. The van der Waals surface area contributed by atoms with Crippen molar-refractivity contribution in [1.29, 1.82) is 0 Å². The van der Waals surface area contributed by atoms with Crippen LogP contribution >= 0.6 is 0 Å². The fourth-order valence-electron chi connectivity index (χ4n) is 2.69. The Morgan fingerprint density at radius 3 is 2.60 bits per heavy atom. The lowest BCUT2D eigenvalue weighted by Crippen LogP contribution is -2.34. The van der Waals surface area contributed by atoms with Gasteiger partial charge in [-0.2, -0.15) is 4.98 Å². The van der Waals surface area contributed by atoms with E-state index in [1.807, 2.05) is 0 Å². The van der Waals surface area contributed by atoms with Gasteiger partial charge in [0.15, 0.2) is 17.4 Å². The van der Waals surface area contributed by atoms with Crippen molar-refractivity contribution in [1.82, 2.24) is 24.4 Å². The highest BCUT2D eigenvalue weighted by Gasteiger charge is 2.45. The number of nitrogens with zero attached hydrogens (tertiary/aromatic N) is 4. The molecule has 1 amide bonds. The third-order valence-corrected chi connectivity index (χ3v) is 3.94. The number of ether oxygens (including phenoxy) is 1. The van der Waals surface area contributed by atoms with Crippen LogP contribution in [0.2, 0.25) is 0 Å². The van der Waals surface area contributed by atoms with Gasteiger partial charge in [-0.25, -0.2) is 4.98 Å². The second-order valence-electron chi connectivity index (χ2n) is 5.86. The van der Waals surface area contributed by atoms with Gasteiger partial charge in [-0.15, -0.1) is 0 Å². The summed E-state index contributed by atoms with van der Waals surface area (Å²) in [5, 5.41) is 29.5. The highest BCUT2D eigenvalue weighted by molar-refractivity contribution is 5.94. The maximum atomic E-state index is 12.4. The van der Waals surface area contributed by atoms with Gasteiger partial charge >= 0.3 is 0 Å². The molecule has 0 unspecified atom stereocenters. The van der Waals surface area contributed by atoms with Crippen LogP contribution in [0.15, 0.2) is 4.79 Å². The fourth-order valence-corrected chi connectivity index (χ4v) is 2.69. The molecule has 1 fully saturated rings. The second-order valence-corrected chi connectivity index (χ2v) is 5.86. The van der Waals surface area contributed by atoms with Crippen LogP contribution in [0.5, 0.6) is 0 Å². The number of nitrogen functional groups attached to an aromatic ring is 1. The summed E-state index contributed by atoms with van der Waals surface area (Å²) < 4.78 is 6.55. The van der Waals surface area contributed by atoms with Gasteiger partial charge in [-0.1, -0.05) is 0 Å². The first-order valence-electron chi connectivity index (χ1n) is 7.38. The molecule has 25 heavy (non-hydrogen) atoms. The third kappa shape index (κ3) is 2.64. The zero-order valence-corrected chi connectivity index (χ0v) is 13.4. The van der Waals surface area contributed by atoms with E-state index in [2.05, 4.69) is 15.0 Å². The number of amides is 1. The van der Waals surface area contributed by atoms with Crippen molar-refractivity contribution >= 4 is 23.0 Å². The molecular formula is C13H18N6O6. The van der Waals surface area contributed by atoms with Crippen molar-refractivity contribution in [2.24, 2.45) is 0 Å². The first-order chi connectivity index (χ1) is 11.8. The normalized spacial score (nSPS) is 26.3. The molecule has 136 valence electrons. The number of nitrogens with two attached hydrogens (primary N) is 1. The Kier molecular flexibility index (Phi) is 4.20. The second kappa shape index (κ2) is 6.07. The Morgan fingerprint density at radius 1 is 1.36 bits per heavy atom. The van der Waals surface area contributed by atoms with E-state index < -0.39 is 42.6 Å². The number of anilines is 1. The van der Waals surface area contributed by atoms with E-state index in [9.17, 15) is 24.9 Å². The number of aliphatic hydroxyl groups excluding tert-OH is 3. The standard InChI is InChI=1S/C13H18N6O6/c1-18(2)11(24)9-15-5-8(16-13(14)17-10(5)23)19(9)12-7(22)6(21)4(3-20)25-12/h4,6-7,12,20-22H,3H2,1-2H3,(H3,14,16,17,23)/t4-,6-,7-,12-/m1/s1. The fraction of sp³-hybridized carbons (Fsp3) is 0.538. The van der Waals surface area contributed by atoms with Crippen LogP contribution < -0.4 is 11.3 Å². The Morgan fingerprint density at radius 2 is 2.04 bits per heavy atom. The quantitative estimate of drug-likeness (QED) is 0.384. The summed E-state index contributed by atoms with van der Waals surface area (Å²) in [7, 11) is 2.96. The van der Waals surface area contributed by atoms with Gasteiger partial charge in [-0.05, 0) is 0 Å². The number of carbonyl (C=O) groups is 1. The van der Waals surface area contributed by atoms with E-state index >= 15 is 0 Å². The molecule has 0 aliphatic carbocycles. The molecule has 0 saturated carbocycles. The number of aliphatic hydroxyl groups is 3. The van der Waals surface area contributed by atoms with Crippen molar-refractivity contribution in [3.63, 3.8) is 0 Å². The predicted octanol–water partition coefficient (Wildman–Crippen LogP) is -2.98. The molecule has 6 N–H and O–H groups in total. The van der Waals surface area contributed by atoms with Crippen molar-refractivity contribution in [3.05, 3.63) is 16.2 Å². The van der Waals surface area contributed by atoms with Crippen LogP contribution in [-0.4, -0.2) is 84.7 Å². The molecule has 0 radical (unpaired) electrons. The minimum atomic E-state index is -1.48. The number of aromatic amines is 1. The zero-order valence-electron chi connectivity index (χ0n) is 13.4. The number of H-pyrrole nitrogens is 1. The lowest BCUT2D eigenvalue weighted by Gasteiger charge is -2.20. The Balaban J connectivity index is 2.26. The topological polar surface area (TPSA) is 180 Å². The number of hydrogen-bond acceptors (Lipinski definition) is 9. The molecule has 1 aliphatic rings. The largest absolute Gasteiger partial charge is 0.394 e. The summed E-state index contributed by atoms with van der Waals surface area (Å²) in [4.78, 5) is 36.0. The first kappa shape index (κ1) is 17.3. The van der Waals surface area contributed by atoms with Gasteiger partial charge in [0.25, 0.3) is 11.5 Å². The van der Waals surface area contributed by atoms with Crippen molar-refractivity contribution in [2.75, 3.05) is 26.4 Å². The van der Waals surface area contributed by atoms with Crippen LogP contribution in [0, 0.1) is 0 Å². The molecule has 3 heterocycles. The van der Waals surface area contributed by atoms with Crippen LogP contribution in [0.1, 0.15) is 16.8 Å². The highest BCUT2D eigenvalue weighted by Crippen LogP contribution is 2.32. The van der Waals surface area contributed by atoms with E-state index in [0.717, 1.165) is 4.57 Å². The minimum absolute atomic E-state index is 0.0821. The molecule has 2 aromatic rings. The summed E-state index contributed by atoms with van der Waals surface area (Å²) in [6, 6.07) is 0. The summed E-state index contributed by atoms with van der Waals surface area (Å²) in [5.41, 5.74) is 4.64. The predicted molar refractivity (Wildman–Crippen MR) is 83.6 cm³/mol. The van der Waals surface area contributed by atoms with Crippen LogP contribution in [0.4, 0.5) is 5.95 Å². The molecular weight excluding hydrogens is 336 g/mol. The number of fused-ring (bicyclic) bond motifs is 1. The summed E-state index contributed by atoms with van der Waals surface area (Å²) in [5.74, 6) is -1.01. The SMILES string of the molecule is CN(C)C(=O)c1nc2c(=O)[nH]c(N)nc2n1[C@@H]1O[C@H](CO)[C@@H](O)[C@H]1O. The average Bonchev–Trinajstić information content (AvgIpc) is 3.05. The van der Waals surface area contributed by atoms with Crippen molar-refractivity contribution in [2.45, 2.75) is 24.5 Å². The molecule has 1 saturated heterocycles. The number of nitrogens with one attached hydrogen (secondary N) is 1. The van der Waals surface area contributed by atoms with Crippen LogP contribution in [0.3, 0.4) is 0 Å². The average molecular weight is 354 g/mol. The van der Waals surface area contributed by atoms with Crippen LogP contribution in [0.25, 0.3) is 11.2 Å². The number of imidazole rings is 1. The first-order valence-corrected chi connectivity index (χ1v) is 7.38. The van der Waals surface area contributed by atoms with Gasteiger partial charge in [0.2, 0.25) is 11.8 Å². The van der Waals surface area contributed by atoms with Gasteiger partial charge < -0.3 is 30.7 Å². The van der Waals surface area contributed by atoms with E-state index in [1.165, 1.54) is 19.0 Å². The molecule has 1 aliphatic heterocycles. The number of aromatic nitrogens is 4. The van der Waals surface area contributed by atoms with Gasteiger partial charge in [0, 0.05) is 14.1 Å². The maximum Gasteiger partial charge on any atom is 0.289 e. The highest BCUT2D eigenvalue weighted by atomic mass is 16.6. The lowest BCUT2D eigenvalue weighted by atomic mass is 10.1. The van der Waals surface area contributed by atoms with Gasteiger partial charge in [0.1, 0.15) is 18.3 Å². The van der Waals surface area contributed by atoms with Crippen molar-refractivity contribution in [3.8, 4) is 0 Å². The van der Waals surface area contributed by atoms with E-state index in [0.29, 0.717) is 0 Å². The molecule has 0 spiro atoms. The smallest absolute Gasteiger partial charge is 0.289 e. The van der Waals surface area contributed by atoms with Gasteiger partial charge in [-0.3, -0.25) is 19.1 Å². The van der Waals surface area contributed by atoms with Crippen molar-refractivity contribution < 1.29 is 24.9 Å². The molecule has 4 atom stereocenters. The van der Waals surface area contributed by atoms with Gasteiger partial charge in [0.05, 0.1) is 6.61 Å². The monoisotopic (exact) mass is 354 g/mol. The van der Waals surface area contributed by atoms with Crippen LogP contribution in [-0.2, 0) is 4.74 Å². The molecule has 3 rings (SSSR count). The Hall–Kier alpha value is -2.54. The third-order valence-electron chi connectivity index (χ3n) is 3.94. The Bertz CT molecular complexity index is 876. The lowest BCUT2D eigenvalue weighted by molar-refractivity contribution is -0.0520. The zero-order chi connectivity index (χ0) is 18.5. The minimum Gasteiger partial charge on any atom is -0.394 e. The summed E-state index contributed by atoms with van der Waals surface area (Å²) in [6.45, 7) is -0.547. The van der Waals surface area contributed by atoms with E-state index in [4.69, 9.17) is 10.5 Å². The molecule has 0 bridgehead atoms.